The van der Waals surface area contributed by atoms with Gasteiger partial charge in [0.2, 0.25) is 5.60 Å². The molecule has 0 bridgehead atoms. The van der Waals surface area contributed by atoms with E-state index in [1.165, 1.54) is 0 Å². The molecule has 0 amide bonds. The molecule has 4 N–H and O–H groups in total. The van der Waals surface area contributed by atoms with E-state index in [1.54, 1.807) is 0 Å². The summed E-state index contributed by atoms with van der Waals surface area (Å²) in [7, 11) is 0. The number of carboxylic acid groups (broad SMARTS) is 3. The topological polar surface area (TPSA) is 185 Å². The highest BCUT2D eigenvalue weighted by atomic mass is 16.6. The van der Waals surface area contributed by atoms with Crippen LogP contribution in [-0.4, -0.2) is 68.6 Å². The standard InChI is InChI=1S/C13H18O11/c1-7(23-10(19)3-2-4-14)11(20)24-13(12(21)22,5-8(15)16)6-9(17)18/h7,14H,2-6H2,1H3,(H,15,16)(H,17,18)(H,21,22). The van der Waals surface area contributed by atoms with Gasteiger partial charge in [0, 0.05) is 13.0 Å². The number of hydrogen-bond acceptors (Lipinski definition) is 8. The Bertz CT molecular complexity index is 494. The number of ether oxygens (including phenoxy) is 2. The van der Waals surface area contributed by atoms with Crippen molar-refractivity contribution in [2.45, 2.75) is 44.3 Å². The first-order valence-corrected chi connectivity index (χ1v) is 6.74. The van der Waals surface area contributed by atoms with Gasteiger partial charge in [-0.3, -0.25) is 14.4 Å². The number of aliphatic hydroxyl groups is 1. The summed E-state index contributed by atoms with van der Waals surface area (Å²) in [6.45, 7) is 0.764. The van der Waals surface area contributed by atoms with Crippen LogP contribution >= 0.6 is 0 Å². The van der Waals surface area contributed by atoms with Gasteiger partial charge in [0.25, 0.3) is 0 Å². The molecule has 0 heterocycles. The van der Waals surface area contributed by atoms with Gasteiger partial charge in [-0.2, -0.15) is 0 Å². The average Bonchev–Trinajstić information content (AvgIpc) is 2.43. The van der Waals surface area contributed by atoms with Crippen molar-refractivity contribution in [2.24, 2.45) is 0 Å². The first-order valence-electron chi connectivity index (χ1n) is 6.74. The minimum atomic E-state index is -2.83. The van der Waals surface area contributed by atoms with Crippen molar-refractivity contribution in [2.75, 3.05) is 6.61 Å². The van der Waals surface area contributed by atoms with Gasteiger partial charge >= 0.3 is 29.8 Å². The minimum Gasteiger partial charge on any atom is -0.481 e. The van der Waals surface area contributed by atoms with Gasteiger partial charge in [-0.15, -0.1) is 0 Å². The molecule has 0 aliphatic carbocycles. The Morgan fingerprint density at radius 1 is 1.00 bits per heavy atom. The van der Waals surface area contributed by atoms with Crippen molar-refractivity contribution in [1.82, 2.24) is 0 Å². The highest BCUT2D eigenvalue weighted by Gasteiger charge is 2.48. The molecule has 0 saturated carbocycles. The number of aliphatic carboxylic acids is 3. The molecule has 11 nitrogen and oxygen atoms in total. The molecule has 1 atom stereocenters. The van der Waals surface area contributed by atoms with Gasteiger partial charge in [0.15, 0.2) is 6.10 Å². The molecule has 0 aromatic rings. The molecule has 0 saturated heterocycles. The zero-order valence-corrected chi connectivity index (χ0v) is 12.8. The molecule has 0 spiro atoms. The summed E-state index contributed by atoms with van der Waals surface area (Å²) < 4.78 is 9.20. The highest BCUT2D eigenvalue weighted by molar-refractivity contribution is 5.91. The number of carbonyl (C=O) groups is 5. The quantitative estimate of drug-likeness (QED) is 0.335. The fourth-order valence-electron chi connectivity index (χ4n) is 1.62. The molecule has 0 aromatic carbocycles. The maximum absolute atomic E-state index is 11.8. The third-order valence-corrected chi connectivity index (χ3v) is 2.74. The molecule has 136 valence electrons. The number of aliphatic hydroxyl groups excluding tert-OH is 1. The van der Waals surface area contributed by atoms with E-state index in [0.29, 0.717) is 0 Å². The number of carbonyl (C=O) groups excluding carboxylic acids is 2. The number of carboxylic acids is 3. The lowest BCUT2D eigenvalue weighted by Crippen LogP contribution is -2.48. The first kappa shape index (κ1) is 21.3. The highest BCUT2D eigenvalue weighted by Crippen LogP contribution is 2.23. The molecule has 0 aliphatic heterocycles. The minimum absolute atomic E-state index is 0.0810. The van der Waals surface area contributed by atoms with Gasteiger partial charge in [-0.1, -0.05) is 0 Å². The van der Waals surface area contributed by atoms with Crippen molar-refractivity contribution >= 4 is 29.8 Å². The molecule has 0 aliphatic rings. The van der Waals surface area contributed by atoms with Gasteiger partial charge in [-0.05, 0) is 13.3 Å². The van der Waals surface area contributed by atoms with Crippen molar-refractivity contribution < 1.29 is 53.9 Å². The number of rotatable bonds is 11. The number of hydrogen-bond donors (Lipinski definition) is 4. The van der Waals surface area contributed by atoms with Crippen molar-refractivity contribution in [3.8, 4) is 0 Å². The van der Waals surface area contributed by atoms with Crippen LogP contribution in [0, 0.1) is 0 Å². The Labute approximate surface area is 135 Å². The van der Waals surface area contributed by atoms with E-state index in [4.69, 9.17) is 20.4 Å². The van der Waals surface area contributed by atoms with Crippen LogP contribution in [0.25, 0.3) is 0 Å². The van der Waals surface area contributed by atoms with E-state index >= 15 is 0 Å². The van der Waals surface area contributed by atoms with E-state index in [-0.39, 0.29) is 19.4 Å². The summed E-state index contributed by atoms with van der Waals surface area (Å²) in [6.07, 6.45) is -4.28. The van der Waals surface area contributed by atoms with Gasteiger partial charge in [-0.25, -0.2) is 9.59 Å². The van der Waals surface area contributed by atoms with Crippen LogP contribution < -0.4 is 0 Å². The molecule has 24 heavy (non-hydrogen) atoms. The van der Waals surface area contributed by atoms with Gasteiger partial charge in [0.1, 0.15) is 0 Å². The maximum Gasteiger partial charge on any atom is 0.349 e. The molecule has 1 unspecified atom stereocenters. The Balaban J connectivity index is 5.15. The largest absolute Gasteiger partial charge is 0.481 e. The van der Waals surface area contributed by atoms with Crippen LogP contribution in [0.2, 0.25) is 0 Å². The lowest BCUT2D eigenvalue weighted by molar-refractivity contribution is -0.193. The molecule has 0 fully saturated rings. The molecule has 11 heteroatoms. The van der Waals surface area contributed by atoms with E-state index in [2.05, 4.69) is 9.47 Å². The van der Waals surface area contributed by atoms with Gasteiger partial charge in [0.05, 0.1) is 12.8 Å². The van der Waals surface area contributed by atoms with Crippen LogP contribution in [0.5, 0.6) is 0 Å². The maximum atomic E-state index is 11.8. The fraction of sp³-hybridized carbons (Fsp3) is 0.615. The predicted molar refractivity (Wildman–Crippen MR) is 72.8 cm³/mol. The molecule has 0 radical (unpaired) electrons. The first-order chi connectivity index (χ1) is 11.0. The van der Waals surface area contributed by atoms with Crippen molar-refractivity contribution in [3.05, 3.63) is 0 Å². The lowest BCUT2D eigenvalue weighted by Gasteiger charge is -2.27. The summed E-state index contributed by atoms with van der Waals surface area (Å²) in [5.41, 5.74) is -2.83. The van der Waals surface area contributed by atoms with E-state index in [9.17, 15) is 24.0 Å². The zero-order valence-electron chi connectivity index (χ0n) is 12.8. The summed E-state index contributed by atoms with van der Waals surface area (Å²) >= 11 is 0. The second-order valence-electron chi connectivity index (χ2n) is 4.82. The molecular weight excluding hydrogens is 332 g/mol. The van der Waals surface area contributed by atoms with Crippen LogP contribution in [0.1, 0.15) is 32.6 Å². The second kappa shape index (κ2) is 9.45. The van der Waals surface area contributed by atoms with Gasteiger partial charge < -0.3 is 29.9 Å². The second-order valence-corrected chi connectivity index (χ2v) is 4.82. The average molecular weight is 350 g/mol. The lowest BCUT2D eigenvalue weighted by atomic mass is 9.95. The summed E-state index contributed by atoms with van der Waals surface area (Å²) in [6, 6.07) is 0. The number of esters is 2. The Morgan fingerprint density at radius 3 is 1.88 bits per heavy atom. The van der Waals surface area contributed by atoms with Crippen LogP contribution in [0.4, 0.5) is 0 Å². The van der Waals surface area contributed by atoms with Crippen molar-refractivity contribution in [1.29, 1.82) is 0 Å². The normalized spacial score (nSPS) is 12.1. The van der Waals surface area contributed by atoms with Crippen LogP contribution in [0.3, 0.4) is 0 Å². The Hall–Kier alpha value is -2.69. The van der Waals surface area contributed by atoms with E-state index < -0.39 is 54.4 Å². The SMILES string of the molecule is CC(OC(=O)CCCO)C(=O)OC(CC(=O)O)(CC(=O)O)C(=O)O. The zero-order chi connectivity index (χ0) is 18.9. The Morgan fingerprint density at radius 2 is 1.50 bits per heavy atom. The van der Waals surface area contributed by atoms with Crippen LogP contribution in [-0.2, 0) is 33.4 Å². The molecular formula is C13H18O11. The monoisotopic (exact) mass is 350 g/mol. The molecule has 0 aromatic heterocycles. The summed E-state index contributed by atoms with van der Waals surface area (Å²) in [5.74, 6) is -7.62. The third-order valence-electron chi connectivity index (χ3n) is 2.74. The predicted octanol–water partition coefficient (Wildman–Crippen LogP) is -0.993. The fourth-order valence-corrected chi connectivity index (χ4v) is 1.62. The van der Waals surface area contributed by atoms with Crippen LogP contribution in [0.15, 0.2) is 0 Å². The summed E-state index contributed by atoms with van der Waals surface area (Å²) in [4.78, 5) is 56.0. The molecule has 0 rings (SSSR count). The smallest absolute Gasteiger partial charge is 0.349 e. The van der Waals surface area contributed by atoms with E-state index in [1.807, 2.05) is 0 Å². The summed E-state index contributed by atoms with van der Waals surface area (Å²) in [5, 5.41) is 35.2. The van der Waals surface area contributed by atoms with E-state index in [0.717, 1.165) is 6.92 Å². The Kier molecular flexibility index (Phi) is 8.39. The van der Waals surface area contributed by atoms with Crippen molar-refractivity contribution in [3.63, 3.8) is 0 Å². The third kappa shape index (κ3) is 7.05.